The highest BCUT2D eigenvalue weighted by atomic mass is 16.7. The van der Waals surface area contributed by atoms with Gasteiger partial charge in [-0.2, -0.15) is 0 Å². The standard InChI is InChI=1S/C30H42O4/c1-28(2)17-33-30(34-18-28)13-12-22-21(14-30)8-9-23-25-10-11-26(32)29(25,3)15-24(27(22)23)20-6-4-19(16-31)5-7-20/h4-7,21,23-26,31-32H,8-18H2,1-3H3. The Hall–Kier alpha value is -1.20. The Balaban J connectivity index is 1.37. The molecule has 0 amide bonds. The van der Waals surface area contributed by atoms with Crippen LogP contribution >= 0.6 is 0 Å². The van der Waals surface area contributed by atoms with Crippen LogP contribution in [0.25, 0.3) is 0 Å². The molecule has 0 radical (unpaired) electrons. The van der Waals surface area contributed by atoms with Crippen molar-refractivity contribution in [3.63, 3.8) is 0 Å². The molecule has 4 nitrogen and oxygen atoms in total. The predicted molar refractivity (Wildman–Crippen MR) is 132 cm³/mol. The number of allylic oxidation sites excluding steroid dienone is 2. The van der Waals surface area contributed by atoms with Crippen molar-refractivity contribution in [2.45, 2.75) is 96.6 Å². The van der Waals surface area contributed by atoms with E-state index in [4.69, 9.17) is 9.47 Å². The van der Waals surface area contributed by atoms with Crippen LogP contribution in [0.1, 0.15) is 89.2 Å². The lowest BCUT2D eigenvalue weighted by atomic mass is 9.52. The van der Waals surface area contributed by atoms with Crippen LogP contribution in [0, 0.1) is 28.6 Å². The molecule has 1 saturated heterocycles. The van der Waals surface area contributed by atoms with Crippen molar-refractivity contribution >= 4 is 0 Å². The van der Waals surface area contributed by atoms with Gasteiger partial charge in [0.05, 0.1) is 25.9 Å². The third kappa shape index (κ3) is 3.63. The number of benzene rings is 1. The molecule has 6 atom stereocenters. The molecule has 1 aromatic rings. The molecule has 34 heavy (non-hydrogen) atoms. The van der Waals surface area contributed by atoms with E-state index < -0.39 is 0 Å². The van der Waals surface area contributed by atoms with Crippen molar-refractivity contribution in [2.75, 3.05) is 13.2 Å². The second-order valence-corrected chi connectivity index (χ2v) is 13.1. The maximum atomic E-state index is 11.1. The topological polar surface area (TPSA) is 58.9 Å². The van der Waals surface area contributed by atoms with Crippen LogP contribution in [-0.2, 0) is 16.1 Å². The Bertz CT molecular complexity index is 953. The van der Waals surface area contributed by atoms with Crippen molar-refractivity contribution < 1.29 is 19.7 Å². The number of ether oxygens (including phenoxy) is 2. The molecular weight excluding hydrogens is 424 g/mol. The summed E-state index contributed by atoms with van der Waals surface area (Å²) >= 11 is 0. The quantitative estimate of drug-likeness (QED) is 0.548. The maximum Gasteiger partial charge on any atom is 0.169 e. The first-order valence-corrected chi connectivity index (χ1v) is 13.6. The molecule has 4 heteroatoms. The van der Waals surface area contributed by atoms with Gasteiger partial charge in [-0.25, -0.2) is 0 Å². The summed E-state index contributed by atoms with van der Waals surface area (Å²) in [7, 11) is 0. The van der Waals surface area contributed by atoms with Gasteiger partial charge < -0.3 is 19.7 Å². The van der Waals surface area contributed by atoms with Crippen LogP contribution in [0.15, 0.2) is 35.4 Å². The van der Waals surface area contributed by atoms with E-state index in [-0.39, 0.29) is 29.3 Å². The summed E-state index contributed by atoms with van der Waals surface area (Å²) in [5, 5.41) is 20.6. The Morgan fingerprint density at radius 1 is 0.941 bits per heavy atom. The van der Waals surface area contributed by atoms with Crippen LogP contribution in [0.3, 0.4) is 0 Å². The maximum absolute atomic E-state index is 11.1. The van der Waals surface area contributed by atoms with Crippen molar-refractivity contribution in [2.24, 2.45) is 28.6 Å². The minimum absolute atomic E-state index is 0.00105. The normalized spacial score (nSPS) is 40.6. The number of aliphatic hydroxyl groups is 2. The fraction of sp³-hybridized carbons (Fsp3) is 0.733. The van der Waals surface area contributed by atoms with Crippen molar-refractivity contribution in [1.82, 2.24) is 0 Å². The highest BCUT2D eigenvalue weighted by molar-refractivity contribution is 5.41. The zero-order chi connectivity index (χ0) is 23.7. The Morgan fingerprint density at radius 3 is 2.38 bits per heavy atom. The monoisotopic (exact) mass is 466 g/mol. The van der Waals surface area contributed by atoms with Gasteiger partial charge in [-0.3, -0.25) is 0 Å². The van der Waals surface area contributed by atoms with Crippen molar-refractivity contribution in [3.05, 3.63) is 46.5 Å². The van der Waals surface area contributed by atoms with Crippen LogP contribution in [-0.4, -0.2) is 35.3 Å². The molecule has 0 aromatic heterocycles. The lowest BCUT2D eigenvalue weighted by Crippen LogP contribution is -2.52. The molecule has 6 rings (SSSR count). The fourth-order valence-electron chi connectivity index (χ4n) is 8.35. The van der Waals surface area contributed by atoms with Gasteiger partial charge in [-0.05, 0) is 72.8 Å². The average Bonchev–Trinajstić information content (AvgIpc) is 3.14. The van der Waals surface area contributed by atoms with E-state index in [9.17, 15) is 10.2 Å². The summed E-state index contributed by atoms with van der Waals surface area (Å²) < 4.78 is 12.9. The zero-order valence-electron chi connectivity index (χ0n) is 21.2. The van der Waals surface area contributed by atoms with E-state index in [0.717, 1.165) is 57.3 Å². The van der Waals surface area contributed by atoms with Crippen molar-refractivity contribution in [1.29, 1.82) is 0 Å². The summed E-state index contributed by atoms with van der Waals surface area (Å²) in [5.74, 6) is 1.72. The summed E-state index contributed by atoms with van der Waals surface area (Å²) in [5.41, 5.74) is 5.82. The molecular formula is C30H42O4. The first-order chi connectivity index (χ1) is 16.2. The Labute approximate surface area is 204 Å². The fourth-order valence-corrected chi connectivity index (χ4v) is 8.35. The molecule has 4 fully saturated rings. The number of hydrogen-bond donors (Lipinski definition) is 2. The third-order valence-electron chi connectivity index (χ3n) is 10.3. The van der Waals surface area contributed by atoms with Crippen molar-refractivity contribution in [3.8, 4) is 0 Å². The molecule has 1 aromatic carbocycles. The van der Waals surface area contributed by atoms with Crippen LogP contribution < -0.4 is 0 Å². The largest absolute Gasteiger partial charge is 0.393 e. The molecule has 5 aliphatic rings. The van der Waals surface area contributed by atoms with E-state index in [0.29, 0.717) is 23.7 Å². The lowest BCUT2D eigenvalue weighted by molar-refractivity contribution is -0.312. The van der Waals surface area contributed by atoms with Gasteiger partial charge in [-0.15, -0.1) is 0 Å². The van der Waals surface area contributed by atoms with Gasteiger partial charge in [0.1, 0.15) is 0 Å². The molecule has 186 valence electrons. The SMILES string of the molecule is CC1(C)COC2(CCC3=C4C(c5ccc(CO)cc5)CC5(C)C(O)CCC5C4CCC3C2)OC1. The summed E-state index contributed by atoms with van der Waals surface area (Å²) in [4.78, 5) is 0. The lowest BCUT2D eigenvalue weighted by Gasteiger charge is -2.55. The summed E-state index contributed by atoms with van der Waals surface area (Å²) in [6, 6.07) is 8.62. The number of hydrogen-bond acceptors (Lipinski definition) is 4. The van der Waals surface area contributed by atoms with Gasteiger partial charge >= 0.3 is 0 Å². The van der Waals surface area contributed by atoms with Gasteiger partial charge in [0.25, 0.3) is 0 Å². The molecule has 4 aliphatic carbocycles. The number of aliphatic hydroxyl groups excluding tert-OH is 2. The van der Waals surface area contributed by atoms with E-state index in [2.05, 4.69) is 45.0 Å². The number of rotatable bonds is 2. The molecule has 0 bridgehead atoms. The van der Waals surface area contributed by atoms with E-state index in [1.54, 1.807) is 11.1 Å². The second kappa shape index (κ2) is 8.16. The molecule has 2 N–H and O–H groups in total. The Kier molecular flexibility index (Phi) is 5.57. The molecule has 1 spiro atoms. The summed E-state index contributed by atoms with van der Waals surface area (Å²) in [6.45, 7) is 8.46. The van der Waals surface area contributed by atoms with Gasteiger partial charge in [0, 0.05) is 24.2 Å². The van der Waals surface area contributed by atoms with E-state index >= 15 is 0 Å². The average molecular weight is 467 g/mol. The van der Waals surface area contributed by atoms with Gasteiger partial charge in [0.2, 0.25) is 0 Å². The second-order valence-electron chi connectivity index (χ2n) is 13.1. The van der Waals surface area contributed by atoms with Crippen LogP contribution in [0.5, 0.6) is 0 Å². The van der Waals surface area contributed by atoms with E-state index in [1.807, 2.05) is 0 Å². The number of fused-ring (bicyclic) bond motifs is 4. The highest BCUT2D eigenvalue weighted by Gasteiger charge is 2.57. The molecule has 6 unspecified atom stereocenters. The van der Waals surface area contributed by atoms with Gasteiger partial charge in [0.15, 0.2) is 5.79 Å². The molecule has 1 aliphatic heterocycles. The van der Waals surface area contributed by atoms with Crippen LogP contribution in [0.4, 0.5) is 0 Å². The first kappa shape index (κ1) is 23.2. The minimum atomic E-state index is -0.387. The Morgan fingerprint density at radius 2 is 1.68 bits per heavy atom. The van der Waals surface area contributed by atoms with E-state index in [1.165, 1.54) is 18.4 Å². The smallest absolute Gasteiger partial charge is 0.169 e. The first-order valence-electron chi connectivity index (χ1n) is 13.6. The zero-order valence-corrected chi connectivity index (χ0v) is 21.2. The van der Waals surface area contributed by atoms with Gasteiger partial charge in [-0.1, -0.05) is 56.2 Å². The highest BCUT2D eigenvalue weighted by Crippen LogP contribution is 2.64. The van der Waals surface area contributed by atoms with Crippen LogP contribution in [0.2, 0.25) is 0 Å². The third-order valence-corrected chi connectivity index (χ3v) is 10.3. The molecule has 3 saturated carbocycles. The molecule has 1 heterocycles. The predicted octanol–water partition coefficient (Wildman–Crippen LogP) is 5.72. The summed E-state index contributed by atoms with van der Waals surface area (Å²) in [6.07, 6.45) is 8.43. The minimum Gasteiger partial charge on any atom is -0.393 e.